The molecular weight excluding hydrogens is 418 g/mol. The molecule has 0 aromatic heterocycles. The molecule has 1 saturated heterocycles. The fraction of sp³-hybridized carbons (Fsp3) is 0.682. The van der Waals surface area contributed by atoms with Gasteiger partial charge in [0.05, 0.1) is 36.4 Å². The van der Waals surface area contributed by atoms with Gasteiger partial charge in [-0.2, -0.15) is 4.31 Å². The Bertz CT molecular complexity index is 890. The zero-order valence-electron chi connectivity index (χ0n) is 18.4. The van der Waals surface area contributed by atoms with E-state index in [2.05, 4.69) is 10.2 Å². The number of nitrogens with zero attached hydrogens (tertiary/aromatic N) is 2. The highest BCUT2D eigenvalue weighted by Gasteiger charge is 2.35. The van der Waals surface area contributed by atoms with E-state index in [1.807, 2.05) is 13.8 Å². The highest BCUT2D eigenvalue weighted by molar-refractivity contribution is 7.89. The van der Waals surface area contributed by atoms with Gasteiger partial charge in [-0.05, 0) is 63.6 Å². The van der Waals surface area contributed by atoms with Crippen molar-refractivity contribution in [3.63, 3.8) is 0 Å². The third-order valence-electron chi connectivity index (χ3n) is 5.80. The minimum absolute atomic E-state index is 0.102. The van der Waals surface area contributed by atoms with Gasteiger partial charge in [-0.3, -0.25) is 9.69 Å². The van der Waals surface area contributed by atoms with Crippen LogP contribution in [0, 0.1) is 5.92 Å². The molecule has 1 N–H and O–H groups in total. The molecule has 3 fully saturated rings. The number of carbonyl (C=O) groups is 1. The first kappa shape index (κ1) is 22.5. The number of amides is 1. The van der Waals surface area contributed by atoms with Crippen LogP contribution in [-0.2, 0) is 19.6 Å². The summed E-state index contributed by atoms with van der Waals surface area (Å²) in [5.41, 5.74) is 0.398. The van der Waals surface area contributed by atoms with Gasteiger partial charge in [0, 0.05) is 25.7 Å². The molecule has 2 saturated carbocycles. The van der Waals surface area contributed by atoms with Crippen LogP contribution in [0.4, 0.5) is 5.69 Å². The maximum atomic E-state index is 13.1. The minimum atomic E-state index is -3.66. The van der Waals surface area contributed by atoms with E-state index in [1.54, 1.807) is 12.1 Å². The lowest BCUT2D eigenvalue weighted by molar-refractivity contribution is -0.117. The summed E-state index contributed by atoms with van der Waals surface area (Å²) in [6, 6.07) is 5.20. The van der Waals surface area contributed by atoms with Gasteiger partial charge in [-0.25, -0.2) is 8.42 Å². The van der Waals surface area contributed by atoms with Crippen LogP contribution in [0.15, 0.2) is 23.1 Å². The smallest absolute Gasteiger partial charge is 0.243 e. The zero-order chi connectivity index (χ0) is 22.0. The molecule has 31 heavy (non-hydrogen) atoms. The van der Waals surface area contributed by atoms with Crippen molar-refractivity contribution < 1.29 is 22.7 Å². The van der Waals surface area contributed by atoms with Gasteiger partial charge in [-0.1, -0.05) is 0 Å². The van der Waals surface area contributed by atoms with Gasteiger partial charge in [0.15, 0.2) is 0 Å². The van der Waals surface area contributed by atoms with Crippen LogP contribution in [0.2, 0.25) is 0 Å². The zero-order valence-corrected chi connectivity index (χ0v) is 19.2. The fourth-order valence-electron chi connectivity index (χ4n) is 3.85. The van der Waals surface area contributed by atoms with Gasteiger partial charge >= 0.3 is 0 Å². The van der Waals surface area contributed by atoms with E-state index in [0.29, 0.717) is 50.3 Å². The van der Waals surface area contributed by atoms with E-state index in [1.165, 1.54) is 23.2 Å². The normalized spacial score (nSPS) is 20.3. The molecular formula is C22H33N3O5S. The number of ether oxygens (including phenoxy) is 2. The van der Waals surface area contributed by atoms with Crippen LogP contribution in [0.1, 0.15) is 39.5 Å². The Morgan fingerprint density at radius 2 is 1.94 bits per heavy atom. The van der Waals surface area contributed by atoms with Crippen molar-refractivity contribution in [1.29, 1.82) is 0 Å². The Morgan fingerprint density at radius 1 is 1.23 bits per heavy atom. The average molecular weight is 452 g/mol. The van der Waals surface area contributed by atoms with Crippen LogP contribution in [0.5, 0.6) is 5.75 Å². The van der Waals surface area contributed by atoms with E-state index in [-0.39, 0.29) is 16.9 Å². The lowest BCUT2D eigenvalue weighted by atomic mass is 10.2. The quantitative estimate of drug-likeness (QED) is 0.587. The molecule has 1 aromatic rings. The van der Waals surface area contributed by atoms with E-state index < -0.39 is 10.0 Å². The van der Waals surface area contributed by atoms with Crippen LogP contribution in [0.3, 0.4) is 0 Å². The van der Waals surface area contributed by atoms with Crippen molar-refractivity contribution in [3.8, 4) is 5.75 Å². The fourth-order valence-corrected chi connectivity index (χ4v) is 5.28. The molecule has 0 bridgehead atoms. The Morgan fingerprint density at radius 3 is 2.55 bits per heavy atom. The third kappa shape index (κ3) is 5.97. The molecule has 1 heterocycles. The molecule has 1 amide bonds. The van der Waals surface area contributed by atoms with Crippen molar-refractivity contribution in [1.82, 2.24) is 9.21 Å². The number of hydrogen-bond donors (Lipinski definition) is 1. The van der Waals surface area contributed by atoms with E-state index >= 15 is 0 Å². The van der Waals surface area contributed by atoms with Crippen LogP contribution < -0.4 is 10.1 Å². The predicted molar refractivity (Wildman–Crippen MR) is 118 cm³/mol. The molecule has 4 rings (SSSR count). The number of carbonyl (C=O) groups excluding carboxylic acids is 1. The Kier molecular flexibility index (Phi) is 6.86. The maximum absolute atomic E-state index is 13.1. The highest BCUT2D eigenvalue weighted by Crippen LogP contribution is 2.35. The summed E-state index contributed by atoms with van der Waals surface area (Å²) < 4.78 is 38.7. The molecule has 0 atom stereocenters. The van der Waals surface area contributed by atoms with Crippen molar-refractivity contribution in [2.24, 2.45) is 5.92 Å². The molecule has 1 aromatic carbocycles. The molecule has 0 spiro atoms. The molecule has 2 aliphatic carbocycles. The number of anilines is 1. The number of hydrogen-bond acceptors (Lipinski definition) is 6. The lowest BCUT2D eigenvalue weighted by Crippen LogP contribution is -2.40. The molecule has 0 radical (unpaired) electrons. The van der Waals surface area contributed by atoms with Gasteiger partial charge in [0.1, 0.15) is 5.75 Å². The van der Waals surface area contributed by atoms with Gasteiger partial charge in [0.2, 0.25) is 15.9 Å². The summed E-state index contributed by atoms with van der Waals surface area (Å²) in [7, 11) is -3.66. The van der Waals surface area contributed by atoms with Gasteiger partial charge in [0.25, 0.3) is 0 Å². The molecule has 0 unspecified atom stereocenters. The van der Waals surface area contributed by atoms with Crippen molar-refractivity contribution in [2.75, 3.05) is 44.7 Å². The average Bonchev–Trinajstić information content (AvgIpc) is 3.63. The first-order valence-corrected chi connectivity index (χ1v) is 12.7. The van der Waals surface area contributed by atoms with E-state index in [9.17, 15) is 13.2 Å². The molecule has 172 valence electrons. The lowest BCUT2D eigenvalue weighted by Gasteiger charge is -2.26. The molecule has 8 nitrogen and oxygen atoms in total. The summed E-state index contributed by atoms with van der Waals surface area (Å²) in [6.45, 7) is 6.51. The SMILES string of the molecule is CC(C)Oc1ccc(S(=O)(=O)N2CCOCC2)cc1NC(=O)CN(CC1CC1)C1CC1. The number of morpholine rings is 1. The molecule has 1 aliphatic heterocycles. The molecule has 3 aliphatic rings. The number of benzene rings is 1. The first-order chi connectivity index (χ1) is 14.8. The monoisotopic (exact) mass is 451 g/mol. The largest absolute Gasteiger partial charge is 0.489 e. The topological polar surface area (TPSA) is 88.2 Å². The van der Waals surface area contributed by atoms with Crippen LogP contribution >= 0.6 is 0 Å². The second kappa shape index (κ2) is 9.44. The maximum Gasteiger partial charge on any atom is 0.243 e. The second-order valence-corrected chi connectivity index (χ2v) is 10.9. The van der Waals surface area contributed by atoms with Gasteiger partial charge < -0.3 is 14.8 Å². The van der Waals surface area contributed by atoms with Crippen LogP contribution in [-0.4, -0.2) is 75.1 Å². The Labute approximate surface area is 184 Å². The van der Waals surface area contributed by atoms with Crippen LogP contribution in [0.25, 0.3) is 0 Å². The Balaban J connectivity index is 1.52. The number of rotatable bonds is 10. The van der Waals surface area contributed by atoms with Gasteiger partial charge in [-0.15, -0.1) is 0 Å². The summed E-state index contributed by atoms with van der Waals surface area (Å²) >= 11 is 0. The summed E-state index contributed by atoms with van der Waals surface area (Å²) in [5.74, 6) is 1.06. The summed E-state index contributed by atoms with van der Waals surface area (Å²) in [4.78, 5) is 15.3. The van der Waals surface area contributed by atoms with Crippen molar-refractivity contribution in [3.05, 3.63) is 18.2 Å². The van der Waals surface area contributed by atoms with E-state index in [4.69, 9.17) is 9.47 Å². The standard InChI is InChI=1S/C22H33N3O5S/c1-16(2)30-21-8-7-19(31(27,28)25-9-11-29-12-10-25)13-20(21)23-22(26)15-24(18-5-6-18)14-17-3-4-17/h7-8,13,16-18H,3-6,9-12,14-15H2,1-2H3,(H,23,26). The first-order valence-electron chi connectivity index (χ1n) is 11.3. The Hall–Kier alpha value is -1.68. The van der Waals surface area contributed by atoms with Crippen molar-refractivity contribution in [2.45, 2.75) is 56.6 Å². The van der Waals surface area contributed by atoms with Crippen molar-refractivity contribution >= 4 is 21.6 Å². The number of nitrogens with one attached hydrogen (secondary N) is 1. The molecule has 9 heteroatoms. The highest BCUT2D eigenvalue weighted by atomic mass is 32.2. The van der Waals surface area contributed by atoms with E-state index in [0.717, 1.165) is 25.3 Å². The predicted octanol–water partition coefficient (Wildman–Crippen LogP) is 2.31. The second-order valence-electron chi connectivity index (χ2n) is 8.99. The summed E-state index contributed by atoms with van der Waals surface area (Å²) in [6.07, 6.45) is 4.69. The number of sulfonamides is 1. The minimum Gasteiger partial charge on any atom is -0.489 e. The third-order valence-corrected chi connectivity index (χ3v) is 7.69. The summed E-state index contributed by atoms with van der Waals surface area (Å²) in [5, 5.41) is 2.92.